The molecule has 0 aliphatic carbocycles. The first-order chi connectivity index (χ1) is 12.1. The maximum Gasteiger partial charge on any atom is 0.279 e. The number of halogens is 2. The molecule has 1 fully saturated rings. The van der Waals surface area contributed by atoms with E-state index in [1.54, 1.807) is 17.7 Å². The minimum Gasteiger partial charge on any atom is -0.350 e. The van der Waals surface area contributed by atoms with Crippen molar-refractivity contribution in [1.82, 2.24) is 15.3 Å². The Hall–Kier alpha value is -1.60. The van der Waals surface area contributed by atoms with E-state index >= 15 is 0 Å². The maximum absolute atomic E-state index is 12.4. The number of amides is 1. The molecule has 1 amide bonds. The van der Waals surface area contributed by atoms with Gasteiger partial charge in [0.2, 0.25) is 0 Å². The van der Waals surface area contributed by atoms with Gasteiger partial charge < -0.3 is 4.74 Å². The highest BCUT2D eigenvalue weighted by molar-refractivity contribution is 6.33. The molecular formula is C17H19Cl2N3O3. The average Bonchev–Trinajstić information content (AvgIpc) is 2.89. The SMILES string of the molecule is Cc1nn(Cc2ccccc2Cl)c(Cl)c1C(=O)NOC1CCCCO1. The molecule has 134 valence electrons. The molecule has 25 heavy (non-hydrogen) atoms. The van der Waals surface area contributed by atoms with Crippen molar-refractivity contribution < 1.29 is 14.4 Å². The maximum atomic E-state index is 12.4. The summed E-state index contributed by atoms with van der Waals surface area (Å²) >= 11 is 12.5. The first kappa shape index (κ1) is 18.2. The molecule has 6 nitrogen and oxygen atoms in total. The standard InChI is InChI=1S/C17H19Cl2N3O3/c1-11-15(17(23)21-25-14-8-4-5-9-24-14)16(19)22(20-11)10-12-6-2-3-7-13(12)18/h2-3,6-7,14H,4-5,8-10H2,1H3,(H,21,23). The molecule has 0 saturated carbocycles. The second-order valence-electron chi connectivity index (χ2n) is 5.85. The quantitative estimate of drug-likeness (QED) is 0.798. The molecule has 1 atom stereocenters. The van der Waals surface area contributed by atoms with Gasteiger partial charge in [-0.3, -0.25) is 4.79 Å². The number of hydroxylamine groups is 1. The van der Waals surface area contributed by atoms with E-state index in [0.717, 1.165) is 24.8 Å². The van der Waals surface area contributed by atoms with Gasteiger partial charge in [-0.25, -0.2) is 15.0 Å². The predicted octanol–water partition coefficient (Wildman–Crippen LogP) is 3.73. The van der Waals surface area contributed by atoms with Gasteiger partial charge in [0.1, 0.15) is 10.7 Å². The highest BCUT2D eigenvalue weighted by atomic mass is 35.5. The van der Waals surface area contributed by atoms with Crippen LogP contribution in [-0.2, 0) is 16.1 Å². The van der Waals surface area contributed by atoms with Gasteiger partial charge in [-0.05, 0) is 31.4 Å². The van der Waals surface area contributed by atoms with E-state index in [4.69, 9.17) is 32.8 Å². The van der Waals surface area contributed by atoms with E-state index in [0.29, 0.717) is 23.9 Å². The molecular weight excluding hydrogens is 365 g/mol. The number of hydrogen-bond acceptors (Lipinski definition) is 4. The van der Waals surface area contributed by atoms with Crippen LogP contribution < -0.4 is 5.48 Å². The van der Waals surface area contributed by atoms with Crippen LogP contribution in [0.25, 0.3) is 0 Å². The fourth-order valence-corrected chi connectivity index (χ4v) is 3.19. The number of carbonyl (C=O) groups is 1. The Kier molecular flexibility index (Phi) is 5.96. The van der Waals surface area contributed by atoms with Crippen molar-refractivity contribution in [1.29, 1.82) is 0 Å². The predicted molar refractivity (Wildman–Crippen MR) is 94.7 cm³/mol. The van der Waals surface area contributed by atoms with Crippen LogP contribution in [0.4, 0.5) is 0 Å². The summed E-state index contributed by atoms with van der Waals surface area (Å²) in [6, 6.07) is 7.42. The second kappa shape index (κ2) is 8.19. The number of nitrogens with zero attached hydrogens (tertiary/aromatic N) is 2. The summed E-state index contributed by atoms with van der Waals surface area (Å²) in [5.41, 5.74) is 4.08. The fraction of sp³-hybridized carbons (Fsp3) is 0.412. The van der Waals surface area contributed by atoms with Crippen LogP contribution >= 0.6 is 23.2 Å². The molecule has 0 radical (unpaired) electrons. The van der Waals surface area contributed by atoms with Gasteiger partial charge in [0.05, 0.1) is 12.2 Å². The van der Waals surface area contributed by atoms with Gasteiger partial charge in [-0.15, -0.1) is 0 Å². The van der Waals surface area contributed by atoms with Crippen molar-refractivity contribution in [3.8, 4) is 0 Å². The van der Waals surface area contributed by atoms with Gasteiger partial charge >= 0.3 is 0 Å². The Morgan fingerprint density at radius 3 is 2.92 bits per heavy atom. The van der Waals surface area contributed by atoms with E-state index in [2.05, 4.69) is 10.6 Å². The van der Waals surface area contributed by atoms with Crippen molar-refractivity contribution in [3.63, 3.8) is 0 Å². The lowest BCUT2D eigenvalue weighted by Crippen LogP contribution is -2.33. The topological polar surface area (TPSA) is 65.4 Å². The third-order valence-corrected chi connectivity index (χ3v) is 4.74. The number of rotatable bonds is 5. The summed E-state index contributed by atoms with van der Waals surface area (Å²) in [6.07, 6.45) is 2.34. The van der Waals surface area contributed by atoms with E-state index in [-0.39, 0.29) is 10.7 Å². The lowest BCUT2D eigenvalue weighted by molar-refractivity contribution is -0.186. The van der Waals surface area contributed by atoms with Gasteiger partial charge in [0.15, 0.2) is 6.29 Å². The van der Waals surface area contributed by atoms with Crippen molar-refractivity contribution in [2.24, 2.45) is 0 Å². The molecule has 0 spiro atoms. The van der Waals surface area contributed by atoms with E-state index in [9.17, 15) is 4.79 Å². The molecule has 1 aromatic carbocycles. The number of aromatic nitrogens is 2. The zero-order chi connectivity index (χ0) is 17.8. The third-order valence-electron chi connectivity index (χ3n) is 3.99. The van der Waals surface area contributed by atoms with Gasteiger partial charge in [0.25, 0.3) is 5.91 Å². The fourth-order valence-electron chi connectivity index (χ4n) is 2.68. The lowest BCUT2D eigenvalue weighted by atomic mass is 10.2. The average molecular weight is 384 g/mol. The van der Waals surface area contributed by atoms with Gasteiger partial charge in [-0.2, -0.15) is 5.10 Å². The Morgan fingerprint density at radius 1 is 1.40 bits per heavy atom. The molecule has 1 aromatic heterocycles. The normalized spacial score (nSPS) is 17.5. The zero-order valence-electron chi connectivity index (χ0n) is 13.8. The molecule has 2 heterocycles. The number of ether oxygens (including phenoxy) is 1. The van der Waals surface area contributed by atoms with Crippen LogP contribution in [0.15, 0.2) is 24.3 Å². The third kappa shape index (κ3) is 4.33. The minimum absolute atomic E-state index is 0.239. The molecule has 3 rings (SSSR count). The first-order valence-electron chi connectivity index (χ1n) is 8.10. The zero-order valence-corrected chi connectivity index (χ0v) is 15.3. The Balaban J connectivity index is 1.70. The highest BCUT2D eigenvalue weighted by Crippen LogP contribution is 2.23. The Bertz CT molecular complexity index is 758. The molecule has 1 aliphatic rings. The molecule has 2 aromatic rings. The summed E-state index contributed by atoms with van der Waals surface area (Å²) in [5, 5.41) is 5.20. The molecule has 1 N–H and O–H groups in total. The summed E-state index contributed by atoms with van der Waals surface area (Å²) in [5.74, 6) is -0.443. The number of benzene rings is 1. The molecule has 1 saturated heterocycles. The second-order valence-corrected chi connectivity index (χ2v) is 6.61. The number of nitrogens with one attached hydrogen (secondary N) is 1. The van der Waals surface area contributed by atoms with Gasteiger partial charge in [0, 0.05) is 18.1 Å². The molecule has 8 heteroatoms. The monoisotopic (exact) mass is 383 g/mol. The number of carbonyl (C=O) groups excluding carboxylic acids is 1. The van der Waals surface area contributed by atoms with Crippen molar-refractivity contribution in [3.05, 3.63) is 51.3 Å². The Labute approximate surface area is 156 Å². The van der Waals surface area contributed by atoms with Crippen LogP contribution in [0.3, 0.4) is 0 Å². The van der Waals surface area contributed by atoms with Crippen molar-refractivity contribution in [2.45, 2.75) is 39.0 Å². The van der Waals surface area contributed by atoms with E-state index in [1.807, 2.05) is 18.2 Å². The highest BCUT2D eigenvalue weighted by Gasteiger charge is 2.23. The summed E-state index contributed by atoms with van der Waals surface area (Å²) in [6.45, 7) is 2.73. The van der Waals surface area contributed by atoms with Crippen molar-refractivity contribution >= 4 is 29.1 Å². The molecule has 0 bridgehead atoms. The molecule has 1 unspecified atom stereocenters. The number of aryl methyl sites for hydroxylation is 1. The minimum atomic E-state index is -0.443. The van der Waals surface area contributed by atoms with Crippen LogP contribution in [-0.4, -0.2) is 28.6 Å². The summed E-state index contributed by atoms with van der Waals surface area (Å²) < 4.78 is 6.96. The van der Waals surface area contributed by atoms with Crippen LogP contribution in [0.1, 0.15) is 40.9 Å². The van der Waals surface area contributed by atoms with Crippen molar-refractivity contribution in [2.75, 3.05) is 6.61 Å². The molecule has 1 aliphatic heterocycles. The smallest absolute Gasteiger partial charge is 0.279 e. The van der Waals surface area contributed by atoms with E-state index in [1.165, 1.54) is 0 Å². The summed E-state index contributed by atoms with van der Waals surface area (Å²) in [7, 11) is 0. The lowest BCUT2D eigenvalue weighted by Gasteiger charge is -2.22. The summed E-state index contributed by atoms with van der Waals surface area (Å²) in [4.78, 5) is 17.7. The Morgan fingerprint density at radius 2 is 2.20 bits per heavy atom. The van der Waals surface area contributed by atoms with Gasteiger partial charge in [-0.1, -0.05) is 41.4 Å². The van der Waals surface area contributed by atoms with Crippen LogP contribution in [0, 0.1) is 6.92 Å². The van der Waals surface area contributed by atoms with E-state index < -0.39 is 12.2 Å². The van der Waals surface area contributed by atoms with Crippen LogP contribution in [0.5, 0.6) is 0 Å². The van der Waals surface area contributed by atoms with Crippen LogP contribution in [0.2, 0.25) is 10.2 Å². The number of hydrogen-bond donors (Lipinski definition) is 1. The first-order valence-corrected chi connectivity index (χ1v) is 8.85. The largest absolute Gasteiger partial charge is 0.350 e.